The molecule has 0 saturated carbocycles. The van der Waals surface area contributed by atoms with Crippen LogP contribution in [0, 0.1) is 5.41 Å². The summed E-state index contributed by atoms with van der Waals surface area (Å²) in [7, 11) is 0. The largest absolute Gasteiger partial charge is 0.507 e. The Hall–Kier alpha value is -1.26. The van der Waals surface area contributed by atoms with E-state index in [2.05, 4.69) is 42.4 Å². The highest BCUT2D eigenvalue weighted by molar-refractivity contribution is 9.10. The van der Waals surface area contributed by atoms with Gasteiger partial charge in [0.05, 0.1) is 4.47 Å². The Morgan fingerprint density at radius 2 is 2.04 bits per heavy atom. The van der Waals surface area contributed by atoms with E-state index in [4.69, 9.17) is 0 Å². The van der Waals surface area contributed by atoms with E-state index in [1.165, 1.54) is 5.57 Å². The minimum Gasteiger partial charge on any atom is -0.507 e. The second-order valence-corrected chi connectivity index (χ2v) is 8.72. The first kappa shape index (κ1) is 21.0. The summed E-state index contributed by atoms with van der Waals surface area (Å²) in [5.74, 6) is 0.139. The Bertz CT molecular complexity index is 723. The number of aromatic hydroxyl groups is 2. The molecule has 0 amide bonds. The number of benzene rings is 1. The van der Waals surface area contributed by atoms with Crippen molar-refractivity contribution in [1.29, 1.82) is 0 Å². The standard InChI is InChI=1S/C22H31BrO3/c1-6-15(8-10-24)16-12-18(23)21(26)19(20(16)25)17-11-14(4)7-9-22(17,5)13(2)3/h11-12,15,17,24-26H,2,6-10H2,1,3-5H3/t15-,17?,22-/m0/s1. The van der Waals surface area contributed by atoms with Crippen LogP contribution in [-0.2, 0) is 0 Å². The van der Waals surface area contributed by atoms with E-state index in [1.54, 1.807) is 6.07 Å². The highest BCUT2D eigenvalue weighted by Gasteiger charge is 2.40. The molecule has 0 aliphatic heterocycles. The van der Waals surface area contributed by atoms with Gasteiger partial charge in [0, 0.05) is 18.1 Å². The van der Waals surface area contributed by atoms with Gasteiger partial charge in [-0.25, -0.2) is 0 Å². The van der Waals surface area contributed by atoms with Crippen LogP contribution in [0.4, 0.5) is 0 Å². The van der Waals surface area contributed by atoms with Gasteiger partial charge in [-0.3, -0.25) is 0 Å². The van der Waals surface area contributed by atoms with Gasteiger partial charge in [-0.2, -0.15) is 0 Å². The van der Waals surface area contributed by atoms with Gasteiger partial charge in [0.1, 0.15) is 11.5 Å². The van der Waals surface area contributed by atoms with Crippen LogP contribution in [0.3, 0.4) is 0 Å². The average Bonchev–Trinajstić information content (AvgIpc) is 2.59. The third kappa shape index (κ3) is 3.72. The first-order chi connectivity index (χ1) is 12.2. The molecular weight excluding hydrogens is 392 g/mol. The molecule has 2 rings (SSSR count). The lowest BCUT2D eigenvalue weighted by molar-refractivity contribution is 0.271. The molecule has 26 heavy (non-hydrogen) atoms. The van der Waals surface area contributed by atoms with Crippen LogP contribution in [0.2, 0.25) is 0 Å². The van der Waals surface area contributed by atoms with Gasteiger partial charge in [-0.15, -0.1) is 0 Å². The number of aliphatic hydroxyl groups is 1. The zero-order valence-corrected chi connectivity index (χ0v) is 17.9. The number of phenolic OH excluding ortho intramolecular Hbond substituents is 2. The van der Waals surface area contributed by atoms with Gasteiger partial charge in [0.2, 0.25) is 0 Å². The SMILES string of the molecule is C=C(C)[C@]1(C)CCC(C)=CC1c1c(O)c(Br)cc([C@@H](CC)CCO)c1O. The molecule has 1 unspecified atom stereocenters. The van der Waals surface area contributed by atoms with Gasteiger partial charge in [-0.05, 0) is 78.4 Å². The first-order valence-corrected chi connectivity index (χ1v) is 10.1. The van der Waals surface area contributed by atoms with Crippen LogP contribution in [0.1, 0.15) is 76.3 Å². The van der Waals surface area contributed by atoms with Crippen LogP contribution in [-0.4, -0.2) is 21.9 Å². The third-order valence-corrected chi connectivity index (χ3v) is 6.77. The lowest BCUT2D eigenvalue weighted by Crippen LogP contribution is -2.29. The minimum atomic E-state index is -0.231. The van der Waals surface area contributed by atoms with E-state index in [-0.39, 0.29) is 35.4 Å². The number of hydrogen-bond donors (Lipinski definition) is 3. The van der Waals surface area contributed by atoms with Crippen molar-refractivity contribution >= 4 is 15.9 Å². The van der Waals surface area contributed by atoms with E-state index in [0.717, 1.165) is 30.4 Å². The fourth-order valence-corrected chi connectivity index (χ4v) is 4.52. The van der Waals surface area contributed by atoms with Crippen molar-refractivity contribution in [3.05, 3.63) is 45.5 Å². The maximum Gasteiger partial charge on any atom is 0.137 e. The van der Waals surface area contributed by atoms with Crippen molar-refractivity contribution in [2.75, 3.05) is 6.61 Å². The molecule has 0 bridgehead atoms. The lowest BCUT2D eigenvalue weighted by Gasteiger charge is -2.42. The molecule has 1 aromatic carbocycles. The van der Waals surface area contributed by atoms with Gasteiger partial charge in [0.15, 0.2) is 0 Å². The van der Waals surface area contributed by atoms with Crippen molar-refractivity contribution in [3.63, 3.8) is 0 Å². The highest BCUT2D eigenvalue weighted by Crippen LogP contribution is 2.56. The van der Waals surface area contributed by atoms with E-state index in [0.29, 0.717) is 16.5 Å². The Labute approximate surface area is 165 Å². The maximum absolute atomic E-state index is 11.2. The molecular formula is C22H31BrO3. The summed E-state index contributed by atoms with van der Waals surface area (Å²) in [6.07, 6.45) is 5.48. The van der Waals surface area contributed by atoms with Gasteiger partial charge in [0.25, 0.3) is 0 Å². The van der Waals surface area contributed by atoms with E-state index in [1.807, 2.05) is 13.8 Å². The topological polar surface area (TPSA) is 60.7 Å². The molecule has 0 radical (unpaired) electrons. The van der Waals surface area contributed by atoms with E-state index in [9.17, 15) is 15.3 Å². The quantitative estimate of drug-likeness (QED) is 0.482. The van der Waals surface area contributed by atoms with Crippen molar-refractivity contribution in [2.24, 2.45) is 5.41 Å². The van der Waals surface area contributed by atoms with E-state index >= 15 is 0 Å². The summed E-state index contributed by atoms with van der Waals surface area (Å²) < 4.78 is 0.581. The van der Waals surface area contributed by atoms with Gasteiger partial charge in [-0.1, -0.05) is 37.6 Å². The molecule has 3 N–H and O–H groups in total. The Balaban J connectivity index is 2.73. The van der Waals surface area contributed by atoms with Crippen LogP contribution in [0.5, 0.6) is 11.5 Å². The second kappa shape index (κ2) is 8.18. The van der Waals surface area contributed by atoms with Crippen molar-refractivity contribution in [2.45, 2.75) is 65.2 Å². The number of aliphatic hydroxyl groups excluding tert-OH is 1. The Kier molecular flexibility index (Phi) is 6.62. The minimum absolute atomic E-state index is 0.0420. The summed E-state index contributed by atoms with van der Waals surface area (Å²) in [6.45, 7) is 12.6. The fourth-order valence-electron chi connectivity index (χ4n) is 4.06. The first-order valence-electron chi connectivity index (χ1n) is 9.35. The zero-order valence-electron chi connectivity index (χ0n) is 16.3. The summed E-state index contributed by atoms with van der Waals surface area (Å²) in [5, 5.41) is 31.4. The van der Waals surface area contributed by atoms with E-state index < -0.39 is 0 Å². The molecule has 0 aromatic heterocycles. The predicted octanol–water partition coefficient (Wildman–Crippen LogP) is 6.14. The highest BCUT2D eigenvalue weighted by atomic mass is 79.9. The fraction of sp³-hybridized carbons (Fsp3) is 0.545. The van der Waals surface area contributed by atoms with Crippen molar-refractivity contribution in [3.8, 4) is 11.5 Å². The molecule has 4 heteroatoms. The van der Waals surface area contributed by atoms with Gasteiger partial charge < -0.3 is 15.3 Å². The molecule has 1 aromatic rings. The Morgan fingerprint density at radius 1 is 1.38 bits per heavy atom. The maximum atomic E-state index is 11.2. The number of rotatable bonds is 6. The molecule has 0 heterocycles. The molecule has 3 atom stereocenters. The summed E-state index contributed by atoms with van der Waals surface area (Å²) in [6, 6.07) is 1.79. The lowest BCUT2D eigenvalue weighted by atomic mass is 9.62. The smallest absolute Gasteiger partial charge is 0.137 e. The molecule has 0 fully saturated rings. The van der Waals surface area contributed by atoms with Gasteiger partial charge >= 0.3 is 0 Å². The Morgan fingerprint density at radius 3 is 2.58 bits per heavy atom. The molecule has 1 aliphatic carbocycles. The number of halogens is 1. The third-order valence-electron chi connectivity index (χ3n) is 6.16. The monoisotopic (exact) mass is 422 g/mol. The van der Waals surface area contributed by atoms with Crippen molar-refractivity contribution in [1.82, 2.24) is 0 Å². The normalized spacial score (nSPS) is 24.2. The van der Waals surface area contributed by atoms with Crippen LogP contribution >= 0.6 is 15.9 Å². The molecule has 0 saturated heterocycles. The average molecular weight is 423 g/mol. The summed E-state index contributed by atoms with van der Waals surface area (Å²) >= 11 is 3.47. The molecule has 0 spiro atoms. The van der Waals surface area contributed by atoms with Crippen LogP contribution in [0.25, 0.3) is 0 Å². The summed E-state index contributed by atoms with van der Waals surface area (Å²) in [4.78, 5) is 0. The van der Waals surface area contributed by atoms with Crippen LogP contribution < -0.4 is 0 Å². The molecule has 144 valence electrons. The zero-order chi connectivity index (χ0) is 19.6. The molecule has 1 aliphatic rings. The predicted molar refractivity (Wildman–Crippen MR) is 111 cm³/mol. The number of allylic oxidation sites excluding steroid dienone is 3. The molecule has 3 nitrogen and oxygen atoms in total. The summed E-state index contributed by atoms with van der Waals surface area (Å²) in [5.41, 5.74) is 3.42. The number of hydrogen-bond acceptors (Lipinski definition) is 3. The second-order valence-electron chi connectivity index (χ2n) is 7.86. The van der Waals surface area contributed by atoms with Crippen molar-refractivity contribution < 1.29 is 15.3 Å². The number of phenols is 2. The van der Waals surface area contributed by atoms with Crippen LogP contribution in [0.15, 0.2) is 34.3 Å².